The number of nitrogens with zero attached hydrogens (tertiary/aromatic N) is 6. The number of likely N-dealkylation sites (tertiary alicyclic amines) is 1. The number of carbonyl (C=O) groups excluding carboxylic acids is 2. The minimum atomic E-state index is -0.575. The molecule has 3 N–H and O–H groups in total. The highest BCUT2D eigenvalue weighted by Gasteiger charge is 2.30. The Morgan fingerprint density at radius 3 is 2.61 bits per heavy atom. The highest BCUT2D eigenvalue weighted by molar-refractivity contribution is 6.00. The normalized spacial score (nSPS) is 18.2. The zero-order valence-corrected chi connectivity index (χ0v) is 26.5. The predicted molar refractivity (Wildman–Crippen MR) is 178 cm³/mol. The molecular weight excluding hydrogens is 584 g/mol. The molecule has 0 bridgehead atoms. The van der Waals surface area contributed by atoms with Crippen LogP contribution in [0.1, 0.15) is 44.4 Å². The van der Waals surface area contributed by atoms with Gasteiger partial charge in [-0.15, -0.1) is 0 Å². The number of ether oxygens (including phenoxy) is 2. The van der Waals surface area contributed by atoms with Crippen LogP contribution in [-0.4, -0.2) is 73.8 Å². The van der Waals surface area contributed by atoms with Gasteiger partial charge in [-0.1, -0.05) is 0 Å². The van der Waals surface area contributed by atoms with Gasteiger partial charge in [-0.25, -0.2) is 19.7 Å². The second-order valence-electron chi connectivity index (χ2n) is 12.4. The summed E-state index contributed by atoms with van der Waals surface area (Å²) in [6.45, 7) is 3.44. The third kappa shape index (κ3) is 5.42. The number of fused-ring (bicyclic) bond motifs is 2. The Morgan fingerprint density at radius 2 is 1.89 bits per heavy atom. The average molecular weight is 625 g/mol. The molecule has 12 nitrogen and oxygen atoms in total. The second kappa shape index (κ2) is 11.8. The van der Waals surface area contributed by atoms with E-state index >= 15 is 0 Å². The molecule has 1 aromatic carbocycles. The first-order chi connectivity index (χ1) is 22.2. The zero-order valence-electron chi connectivity index (χ0n) is 26.5. The SMILES string of the molecule is COC(=O)Nc1ccc(-c2ccc3cc(-c4nc5cc(C(=O)N6C[C@H](N)CC[C@@H]6C)cc(OC)c5n4C)n(CC4CC4)c3n2)cn1.[HH]. The smallest absolute Gasteiger partial charge is 0.412 e. The Balaban J connectivity index is 0.00000386. The number of benzene rings is 1. The molecule has 240 valence electrons. The first-order valence-corrected chi connectivity index (χ1v) is 15.7. The van der Waals surface area contributed by atoms with Crippen molar-refractivity contribution in [3.05, 3.63) is 54.2 Å². The van der Waals surface area contributed by atoms with Crippen LogP contribution in [0.2, 0.25) is 0 Å². The topological polar surface area (TPSA) is 142 Å². The standard InChI is InChI=1S/C34H38N8O4.H2/c1-19-5-10-24(35)18-41(19)33(43)23-13-26-30(28(15-23)45-3)40(2)32(38-26)27-14-21-8-11-25(37-31(21)42(27)17-20-6-7-20)22-9-12-29(36-16-22)39-34(44)46-4;/h8-9,11-16,19-20,24H,5-7,10,17-18,35H2,1-4H3,(H,36,39,44);1H/t19-,24+;/m0./s1. The van der Waals surface area contributed by atoms with E-state index in [4.69, 9.17) is 20.4 Å². The van der Waals surface area contributed by atoms with Gasteiger partial charge in [-0.05, 0) is 81.0 Å². The Labute approximate surface area is 268 Å². The number of rotatable bonds is 7. The van der Waals surface area contributed by atoms with Gasteiger partial charge in [0.25, 0.3) is 5.91 Å². The molecule has 7 rings (SSSR count). The molecule has 2 amide bonds. The molecule has 2 fully saturated rings. The fourth-order valence-electron chi connectivity index (χ4n) is 6.39. The Bertz CT molecular complexity index is 1970. The van der Waals surface area contributed by atoms with Crippen LogP contribution in [-0.2, 0) is 18.3 Å². The van der Waals surface area contributed by atoms with Crippen LogP contribution >= 0.6 is 0 Å². The lowest BCUT2D eigenvalue weighted by Crippen LogP contribution is -2.50. The number of anilines is 1. The van der Waals surface area contributed by atoms with E-state index in [1.165, 1.54) is 20.0 Å². The van der Waals surface area contributed by atoms with Crippen molar-refractivity contribution in [3.8, 4) is 28.5 Å². The van der Waals surface area contributed by atoms with Crippen LogP contribution in [0, 0.1) is 5.92 Å². The van der Waals surface area contributed by atoms with Crippen molar-refractivity contribution in [1.82, 2.24) is 29.0 Å². The van der Waals surface area contributed by atoms with Crippen molar-refractivity contribution in [1.29, 1.82) is 0 Å². The lowest BCUT2D eigenvalue weighted by Gasteiger charge is -2.36. The van der Waals surface area contributed by atoms with Gasteiger partial charge >= 0.3 is 6.09 Å². The summed E-state index contributed by atoms with van der Waals surface area (Å²) in [7, 11) is 4.91. The van der Waals surface area contributed by atoms with Crippen molar-refractivity contribution in [2.75, 3.05) is 26.1 Å². The van der Waals surface area contributed by atoms with Crippen molar-refractivity contribution in [3.63, 3.8) is 0 Å². The van der Waals surface area contributed by atoms with Crippen LogP contribution in [0.3, 0.4) is 0 Å². The van der Waals surface area contributed by atoms with Crippen molar-refractivity contribution in [2.24, 2.45) is 18.7 Å². The monoisotopic (exact) mass is 624 g/mol. The maximum atomic E-state index is 13.7. The lowest BCUT2D eigenvalue weighted by molar-refractivity contribution is 0.0612. The number of imidazole rings is 1. The third-order valence-electron chi connectivity index (χ3n) is 9.17. The van der Waals surface area contributed by atoms with Gasteiger partial charge in [0.15, 0.2) is 5.82 Å². The van der Waals surface area contributed by atoms with E-state index in [1.54, 1.807) is 19.4 Å². The molecular formula is C34H40N8O4. The maximum absolute atomic E-state index is 13.7. The van der Waals surface area contributed by atoms with Gasteiger partial charge in [-0.3, -0.25) is 10.1 Å². The van der Waals surface area contributed by atoms with E-state index in [0.29, 0.717) is 35.1 Å². The molecule has 0 unspecified atom stereocenters. The molecule has 0 radical (unpaired) electrons. The molecule has 5 heterocycles. The fourth-order valence-corrected chi connectivity index (χ4v) is 6.39. The summed E-state index contributed by atoms with van der Waals surface area (Å²) in [5.74, 6) is 2.28. The summed E-state index contributed by atoms with van der Waals surface area (Å²) in [5, 5.41) is 3.57. The number of carbonyl (C=O) groups is 2. The molecule has 12 heteroatoms. The molecule has 4 aromatic heterocycles. The predicted octanol–water partition coefficient (Wildman–Crippen LogP) is 5.45. The van der Waals surface area contributed by atoms with E-state index in [0.717, 1.165) is 58.7 Å². The van der Waals surface area contributed by atoms with E-state index < -0.39 is 6.09 Å². The van der Waals surface area contributed by atoms with Gasteiger partial charge in [0.05, 0.1) is 31.1 Å². The number of aromatic nitrogens is 5. The zero-order chi connectivity index (χ0) is 32.1. The number of pyridine rings is 2. The number of nitrogens with two attached hydrogens (primary N) is 1. The average Bonchev–Trinajstić information content (AvgIpc) is 3.74. The third-order valence-corrected chi connectivity index (χ3v) is 9.17. The number of hydrogen-bond acceptors (Lipinski definition) is 8. The minimum absolute atomic E-state index is 0. The van der Waals surface area contributed by atoms with Gasteiger partial charge in [0.1, 0.15) is 22.7 Å². The molecule has 1 aliphatic carbocycles. The quantitative estimate of drug-likeness (QED) is 0.244. The number of amides is 2. The maximum Gasteiger partial charge on any atom is 0.412 e. The number of nitrogens with one attached hydrogen (secondary N) is 1. The Morgan fingerprint density at radius 1 is 1.07 bits per heavy atom. The molecule has 0 spiro atoms. The second-order valence-corrected chi connectivity index (χ2v) is 12.4. The number of methoxy groups -OCH3 is 2. The van der Waals surface area contributed by atoms with Crippen molar-refractivity contribution >= 4 is 39.9 Å². The minimum Gasteiger partial charge on any atom is -0.494 e. The van der Waals surface area contributed by atoms with E-state index in [-0.39, 0.29) is 19.4 Å². The highest BCUT2D eigenvalue weighted by atomic mass is 16.5. The molecule has 2 aliphatic rings. The number of aryl methyl sites for hydroxylation is 1. The highest BCUT2D eigenvalue weighted by Crippen LogP contribution is 2.38. The van der Waals surface area contributed by atoms with Crippen LogP contribution < -0.4 is 15.8 Å². The Hall–Kier alpha value is -4.97. The molecule has 5 aromatic rings. The first kappa shape index (κ1) is 29.7. The van der Waals surface area contributed by atoms with Gasteiger partial charge in [0.2, 0.25) is 0 Å². The summed E-state index contributed by atoms with van der Waals surface area (Å²) < 4.78 is 14.8. The van der Waals surface area contributed by atoms with Gasteiger partial charge in [-0.2, -0.15) is 0 Å². The summed E-state index contributed by atoms with van der Waals surface area (Å²) in [6.07, 6.45) is 5.27. The molecule has 2 atom stereocenters. The molecule has 46 heavy (non-hydrogen) atoms. The first-order valence-electron chi connectivity index (χ1n) is 15.7. The fraction of sp³-hybridized carbons (Fsp3) is 0.382. The summed E-state index contributed by atoms with van der Waals surface area (Å²) >= 11 is 0. The van der Waals surface area contributed by atoms with Crippen molar-refractivity contribution in [2.45, 2.75) is 51.2 Å². The van der Waals surface area contributed by atoms with Crippen LogP contribution in [0.5, 0.6) is 5.75 Å². The summed E-state index contributed by atoms with van der Waals surface area (Å²) in [5.41, 5.74) is 11.7. The number of hydrogen-bond donors (Lipinski definition) is 2. The summed E-state index contributed by atoms with van der Waals surface area (Å²) in [6, 6.07) is 13.5. The molecule has 1 saturated heterocycles. The van der Waals surface area contributed by atoms with Crippen LogP contribution in [0.4, 0.5) is 10.6 Å². The Kier molecular flexibility index (Phi) is 7.59. The molecule has 1 saturated carbocycles. The van der Waals surface area contributed by atoms with E-state index in [1.807, 2.05) is 40.8 Å². The largest absolute Gasteiger partial charge is 0.494 e. The summed E-state index contributed by atoms with van der Waals surface area (Å²) in [4.78, 5) is 41.7. The van der Waals surface area contributed by atoms with Gasteiger partial charge < -0.3 is 29.2 Å². The van der Waals surface area contributed by atoms with Crippen LogP contribution in [0.15, 0.2) is 48.7 Å². The van der Waals surface area contributed by atoms with E-state index in [9.17, 15) is 9.59 Å². The van der Waals surface area contributed by atoms with Crippen LogP contribution in [0.25, 0.3) is 44.8 Å². The van der Waals surface area contributed by atoms with Crippen molar-refractivity contribution < 1.29 is 20.5 Å². The van der Waals surface area contributed by atoms with E-state index in [2.05, 4.69) is 38.7 Å². The number of piperidine rings is 1. The van der Waals surface area contributed by atoms with Gasteiger partial charge in [0, 0.05) is 56.4 Å². The lowest BCUT2D eigenvalue weighted by atomic mass is 9.99. The molecule has 1 aliphatic heterocycles.